The van der Waals surface area contributed by atoms with E-state index in [9.17, 15) is 9.59 Å². The van der Waals surface area contributed by atoms with Gasteiger partial charge in [0.1, 0.15) is 5.60 Å². The second-order valence-corrected chi connectivity index (χ2v) is 10.1. The number of carbonyl (C=O) groups excluding carboxylic acids is 2. The fraction of sp³-hybridized carbons (Fsp3) is 0.926. The van der Waals surface area contributed by atoms with Gasteiger partial charge in [0, 0.05) is 19.4 Å². The van der Waals surface area contributed by atoms with Crippen LogP contribution in [0.5, 0.6) is 0 Å². The molecule has 0 rings (SSSR count). The summed E-state index contributed by atoms with van der Waals surface area (Å²) >= 11 is 0. The lowest BCUT2D eigenvalue weighted by atomic mass is 10.0. The number of rotatable bonds is 21. The van der Waals surface area contributed by atoms with E-state index in [-0.39, 0.29) is 17.5 Å². The molecule has 0 saturated heterocycles. The van der Waals surface area contributed by atoms with E-state index in [1.165, 1.54) is 83.5 Å². The van der Waals surface area contributed by atoms with E-state index in [0.29, 0.717) is 12.8 Å². The number of amides is 1. The van der Waals surface area contributed by atoms with Crippen LogP contribution in [0.4, 0.5) is 0 Å². The molecular formula is C27H53NO3. The van der Waals surface area contributed by atoms with Gasteiger partial charge < -0.3 is 10.1 Å². The summed E-state index contributed by atoms with van der Waals surface area (Å²) in [6, 6.07) is 0. The van der Waals surface area contributed by atoms with Crippen molar-refractivity contribution in [1.29, 1.82) is 0 Å². The van der Waals surface area contributed by atoms with E-state index in [0.717, 1.165) is 32.2 Å². The number of unbranched alkanes of at least 4 members (excludes halogenated alkanes) is 15. The van der Waals surface area contributed by atoms with Crippen molar-refractivity contribution < 1.29 is 14.3 Å². The Morgan fingerprint density at radius 3 is 1.45 bits per heavy atom. The predicted octanol–water partition coefficient (Wildman–Crippen LogP) is 7.88. The Bertz CT molecular complexity index is 429. The van der Waals surface area contributed by atoms with Crippen molar-refractivity contribution in [3.05, 3.63) is 0 Å². The molecule has 31 heavy (non-hydrogen) atoms. The Hall–Kier alpha value is -1.06. The lowest BCUT2D eigenvalue weighted by Crippen LogP contribution is -2.23. The Morgan fingerprint density at radius 2 is 1.03 bits per heavy atom. The molecule has 0 atom stereocenters. The van der Waals surface area contributed by atoms with Crippen molar-refractivity contribution in [1.82, 2.24) is 5.32 Å². The number of esters is 1. The lowest BCUT2D eigenvalue weighted by molar-refractivity contribution is -0.154. The monoisotopic (exact) mass is 439 g/mol. The van der Waals surface area contributed by atoms with E-state index in [1.807, 2.05) is 20.8 Å². The van der Waals surface area contributed by atoms with Crippen molar-refractivity contribution in [3.63, 3.8) is 0 Å². The zero-order valence-corrected chi connectivity index (χ0v) is 21.4. The van der Waals surface area contributed by atoms with Crippen molar-refractivity contribution in [3.8, 4) is 0 Å². The molecule has 0 bridgehead atoms. The highest BCUT2D eigenvalue weighted by atomic mass is 16.6. The van der Waals surface area contributed by atoms with Gasteiger partial charge in [-0.15, -0.1) is 0 Å². The number of ether oxygens (including phenoxy) is 1. The second kappa shape index (κ2) is 20.8. The summed E-state index contributed by atoms with van der Waals surface area (Å²) in [6.07, 6.45) is 22.3. The van der Waals surface area contributed by atoms with Crippen LogP contribution in [0.15, 0.2) is 0 Å². The normalized spacial score (nSPS) is 11.5. The van der Waals surface area contributed by atoms with E-state index in [4.69, 9.17) is 4.74 Å². The highest BCUT2D eigenvalue weighted by Crippen LogP contribution is 2.15. The first-order chi connectivity index (χ1) is 14.8. The van der Waals surface area contributed by atoms with Gasteiger partial charge in [0.25, 0.3) is 0 Å². The van der Waals surface area contributed by atoms with Gasteiger partial charge in [-0.1, -0.05) is 96.8 Å². The molecule has 0 radical (unpaired) electrons. The van der Waals surface area contributed by atoms with Gasteiger partial charge in [0.15, 0.2) is 0 Å². The Morgan fingerprint density at radius 1 is 0.613 bits per heavy atom. The zero-order chi connectivity index (χ0) is 23.2. The third-order valence-corrected chi connectivity index (χ3v) is 5.56. The maximum Gasteiger partial charge on any atom is 0.306 e. The Labute approximate surface area is 193 Å². The number of hydrogen-bond acceptors (Lipinski definition) is 3. The minimum absolute atomic E-state index is 0.0594. The fourth-order valence-corrected chi connectivity index (χ4v) is 3.76. The first-order valence-corrected chi connectivity index (χ1v) is 13.3. The molecular weight excluding hydrogens is 386 g/mol. The summed E-state index contributed by atoms with van der Waals surface area (Å²) in [5.41, 5.74) is -0.359. The van der Waals surface area contributed by atoms with E-state index in [1.54, 1.807) is 0 Å². The molecule has 0 aliphatic carbocycles. The third kappa shape index (κ3) is 25.1. The fourth-order valence-electron chi connectivity index (χ4n) is 3.76. The molecule has 0 heterocycles. The summed E-state index contributed by atoms with van der Waals surface area (Å²) in [6.45, 7) is 8.79. The minimum atomic E-state index is -0.359. The summed E-state index contributed by atoms with van der Waals surface area (Å²) < 4.78 is 5.33. The molecule has 0 unspecified atom stereocenters. The van der Waals surface area contributed by atoms with Crippen LogP contribution in [0.25, 0.3) is 0 Å². The van der Waals surface area contributed by atoms with Crippen LogP contribution in [-0.2, 0) is 14.3 Å². The van der Waals surface area contributed by atoms with Gasteiger partial charge in [-0.3, -0.25) is 9.59 Å². The number of carbonyl (C=O) groups is 2. The van der Waals surface area contributed by atoms with Gasteiger partial charge in [0.2, 0.25) is 5.91 Å². The van der Waals surface area contributed by atoms with Gasteiger partial charge in [-0.25, -0.2) is 0 Å². The summed E-state index contributed by atoms with van der Waals surface area (Å²) in [5, 5.41) is 3.02. The van der Waals surface area contributed by atoms with E-state index in [2.05, 4.69) is 12.2 Å². The van der Waals surface area contributed by atoms with Gasteiger partial charge in [0.05, 0.1) is 0 Å². The van der Waals surface area contributed by atoms with Gasteiger partial charge in [-0.2, -0.15) is 0 Å². The van der Waals surface area contributed by atoms with Crippen LogP contribution in [0.2, 0.25) is 0 Å². The molecule has 184 valence electrons. The molecule has 4 heteroatoms. The van der Waals surface area contributed by atoms with E-state index >= 15 is 0 Å². The molecule has 0 aromatic carbocycles. The summed E-state index contributed by atoms with van der Waals surface area (Å²) in [4.78, 5) is 23.3. The van der Waals surface area contributed by atoms with Crippen molar-refractivity contribution >= 4 is 11.9 Å². The average Bonchev–Trinajstić information content (AvgIpc) is 2.69. The Balaban J connectivity index is 3.20. The largest absolute Gasteiger partial charge is 0.460 e. The smallest absolute Gasteiger partial charge is 0.306 e. The van der Waals surface area contributed by atoms with Crippen LogP contribution in [-0.4, -0.2) is 24.0 Å². The molecule has 0 aliphatic heterocycles. The molecule has 0 saturated carbocycles. The maximum atomic E-state index is 11.7. The quantitative estimate of drug-likeness (QED) is 0.146. The molecule has 0 aliphatic rings. The van der Waals surface area contributed by atoms with Gasteiger partial charge in [-0.05, 0) is 40.0 Å². The zero-order valence-electron chi connectivity index (χ0n) is 21.4. The average molecular weight is 440 g/mol. The third-order valence-electron chi connectivity index (χ3n) is 5.56. The highest BCUT2D eigenvalue weighted by molar-refractivity contribution is 5.75. The molecule has 0 spiro atoms. The van der Waals surface area contributed by atoms with Crippen LogP contribution >= 0.6 is 0 Å². The van der Waals surface area contributed by atoms with Crippen molar-refractivity contribution in [2.45, 2.75) is 155 Å². The van der Waals surface area contributed by atoms with Crippen LogP contribution < -0.4 is 5.32 Å². The maximum absolute atomic E-state index is 11.7. The van der Waals surface area contributed by atoms with Crippen LogP contribution in [0, 0.1) is 0 Å². The SMILES string of the molecule is CCCCCNC(=O)CCCCCCCCCCCCCCCCC(=O)OC(C)(C)C. The van der Waals surface area contributed by atoms with Gasteiger partial charge >= 0.3 is 5.97 Å². The highest BCUT2D eigenvalue weighted by Gasteiger charge is 2.15. The van der Waals surface area contributed by atoms with E-state index < -0.39 is 0 Å². The van der Waals surface area contributed by atoms with Crippen molar-refractivity contribution in [2.24, 2.45) is 0 Å². The first kappa shape index (κ1) is 29.9. The standard InChI is InChI=1S/C27H53NO3/c1-5-6-21-24-28-25(29)22-19-17-15-13-11-9-7-8-10-12-14-16-18-20-23-26(30)31-27(2,3)4/h5-24H2,1-4H3,(H,28,29). The molecule has 4 nitrogen and oxygen atoms in total. The first-order valence-electron chi connectivity index (χ1n) is 13.3. The van der Waals surface area contributed by atoms with Crippen molar-refractivity contribution in [2.75, 3.05) is 6.54 Å². The summed E-state index contributed by atoms with van der Waals surface area (Å²) in [5.74, 6) is 0.176. The molecule has 0 fully saturated rings. The predicted molar refractivity (Wildman–Crippen MR) is 132 cm³/mol. The molecule has 0 aromatic heterocycles. The molecule has 0 aromatic rings. The second-order valence-electron chi connectivity index (χ2n) is 10.1. The molecule has 1 N–H and O–H groups in total. The minimum Gasteiger partial charge on any atom is -0.460 e. The lowest BCUT2D eigenvalue weighted by Gasteiger charge is -2.19. The number of nitrogens with one attached hydrogen (secondary N) is 1. The molecule has 1 amide bonds. The van der Waals surface area contributed by atoms with Crippen LogP contribution in [0.1, 0.15) is 150 Å². The summed E-state index contributed by atoms with van der Waals surface area (Å²) in [7, 11) is 0. The number of hydrogen-bond donors (Lipinski definition) is 1. The Kier molecular flexibility index (Phi) is 20.1. The topological polar surface area (TPSA) is 55.4 Å². The van der Waals surface area contributed by atoms with Crippen LogP contribution in [0.3, 0.4) is 0 Å².